The van der Waals surface area contributed by atoms with E-state index in [2.05, 4.69) is 10.0 Å². The fourth-order valence-electron chi connectivity index (χ4n) is 4.20. The van der Waals surface area contributed by atoms with Crippen LogP contribution in [0.15, 0.2) is 114 Å². The van der Waals surface area contributed by atoms with Crippen molar-refractivity contribution in [2.75, 3.05) is 6.61 Å². The molecule has 2 atom stereocenters. The molecular formula is C31H28F2N2O5S. The van der Waals surface area contributed by atoms with Gasteiger partial charge in [0.15, 0.2) is 4.90 Å². The zero-order valence-electron chi connectivity index (χ0n) is 21.9. The van der Waals surface area contributed by atoms with Gasteiger partial charge in [-0.3, -0.25) is 9.59 Å². The summed E-state index contributed by atoms with van der Waals surface area (Å²) in [5.41, 5.74) is 1.88. The molecule has 0 saturated carbocycles. The molecule has 0 aromatic heterocycles. The number of benzene rings is 4. The molecule has 1 amide bonds. The average molecular weight is 579 g/mol. The first-order valence-electron chi connectivity index (χ1n) is 12.8. The number of ether oxygens (including phenoxy) is 1. The summed E-state index contributed by atoms with van der Waals surface area (Å²) >= 11 is 0. The summed E-state index contributed by atoms with van der Waals surface area (Å²) in [7, 11) is -4.80. The number of rotatable bonds is 12. The summed E-state index contributed by atoms with van der Waals surface area (Å²) in [6, 6.07) is 26.8. The molecule has 0 unspecified atom stereocenters. The SMILES string of the molecule is O=C(N[C@H](COC(=O)[C@H](Cc1ccccc1)NS(=O)(=O)c1c(F)cccc1F)Cc1ccccc1)c1ccccc1. The van der Waals surface area contributed by atoms with E-state index in [-0.39, 0.29) is 18.9 Å². The van der Waals surface area contributed by atoms with Crippen molar-refractivity contribution in [2.45, 2.75) is 29.8 Å². The van der Waals surface area contributed by atoms with Crippen LogP contribution < -0.4 is 10.0 Å². The van der Waals surface area contributed by atoms with Crippen LogP contribution >= 0.6 is 0 Å². The molecular weight excluding hydrogens is 550 g/mol. The van der Waals surface area contributed by atoms with Crippen LogP contribution in [0.3, 0.4) is 0 Å². The molecule has 4 aromatic rings. The van der Waals surface area contributed by atoms with Crippen molar-refractivity contribution in [3.05, 3.63) is 138 Å². The quantitative estimate of drug-likeness (QED) is 0.242. The van der Waals surface area contributed by atoms with Gasteiger partial charge in [-0.15, -0.1) is 0 Å². The van der Waals surface area contributed by atoms with Crippen LogP contribution in [0.5, 0.6) is 0 Å². The molecule has 7 nitrogen and oxygen atoms in total. The van der Waals surface area contributed by atoms with Gasteiger partial charge in [0.25, 0.3) is 5.91 Å². The minimum atomic E-state index is -4.80. The molecule has 0 aliphatic heterocycles. The maximum Gasteiger partial charge on any atom is 0.324 e. The maximum absolute atomic E-state index is 14.3. The van der Waals surface area contributed by atoms with E-state index in [0.29, 0.717) is 17.5 Å². The Bertz CT molecular complexity index is 1550. The van der Waals surface area contributed by atoms with Gasteiger partial charge in [-0.1, -0.05) is 84.9 Å². The maximum atomic E-state index is 14.3. The molecule has 0 radical (unpaired) electrons. The second kappa shape index (κ2) is 13.8. The van der Waals surface area contributed by atoms with Crippen LogP contribution in [0, 0.1) is 11.6 Å². The van der Waals surface area contributed by atoms with E-state index in [9.17, 15) is 26.8 Å². The normalized spacial score (nSPS) is 12.7. The minimum Gasteiger partial charge on any atom is -0.462 e. The first-order valence-corrected chi connectivity index (χ1v) is 14.3. The highest BCUT2D eigenvalue weighted by atomic mass is 32.2. The van der Waals surface area contributed by atoms with Gasteiger partial charge in [-0.2, -0.15) is 4.72 Å². The molecule has 4 aromatic carbocycles. The second-order valence-electron chi connectivity index (χ2n) is 9.27. The largest absolute Gasteiger partial charge is 0.462 e. The second-order valence-corrected chi connectivity index (χ2v) is 10.9. The summed E-state index contributed by atoms with van der Waals surface area (Å²) in [5, 5.41) is 2.86. The number of amides is 1. The van der Waals surface area contributed by atoms with Gasteiger partial charge in [-0.05, 0) is 48.2 Å². The lowest BCUT2D eigenvalue weighted by Gasteiger charge is -2.22. The molecule has 212 valence electrons. The Balaban J connectivity index is 1.54. The van der Waals surface area contributed by atoms with Crippen molar-refractivity contribution in [1.29, 1.82) is 0 Å². The highest BCUT2D eigenvalue weighted by Crippen LogP contribution is 2.19. The van der Waals surface area contributed by atoms with E-state index in [1.807, 2.05) is 30.3 Å². The summed E-state index contributed by atoms with van der Waals surface area (Å²) in [5.74, 6) is -3.94. The molecule has 4 rings (SSSR count). The molecule has 0 spiro atoms. The number of sulfonamides is 1. The van der Waals surface area contributed by atoms with Crippen molar-refractivity contribution in [3.8, 4) is 0 Å². The van der Waals surface area contributed by atoms with Crippen LogP contribution in [0.4, 0.5) is 8.78 Å². The number of hydrogen-bond donors (Lipinski definition) is 2. The summed E-state index contributed by atoms with van der Waals surface area (Å²) < 4.78 is 62.3. The van der Waals surface area contributed by atoms with Gasteiger partial charge in [0, 0.05) is 5.56 Å². The van der Waals surface area contributed by atoms with Gasteiger partial charge < -0.3 is 10.1 Å². The van der Waals surface area contributed by atoms with Crippen LogP contribution in [0.2, 0.25) is 0 Å². The molecule has 0 aliphatic carbocycles. The third-order valence-corrected chi connectivity index (χ3v) is 7.70. The van der Waals surface area contributed by atoms with Gasteiger partial charge >= 0.3 is 5.97 Å². The van der Waals surface area contributed by atoms with Gasteiger partial charge in [-0.25, -0.2) is 17.2 Å². The number of hydrogen-bond acceptors (Lipinski definition) is 5. The molecule has 0 heterocycles. The predicted molar refractivity (Wildman–Crippen MR) is 149 cm³/mol. The number of carbonyl (C=O) groups is 2. The van der Waals surface area contributed by atoms with E-state index < -0.39 is 44.6 Å². The van der Waals surface area contributed by atoms with Crippen molar-refractivity contribution in [2.24, 2.45) is 0 Å². The highest BCUT2D eigenvalue weighted by Gasteiger charge is 2.32. The zero-order chi connectivity index (χ0) is 29.2. The lowest BCUT2D eigenvalue weighted by Crippen LogP contribution is -2.46. The number of carbonyl (C=O) groups excluding carboxylic acids is 2. The first kappa shape index (κ1) is 29.6. The fraction of sp³-hybridized carbons (Fsp3) is 0.161. The highest BCUT2D eigenvalue weighted by molar-refractivity contribution is 7.89. The van der Waals surface area contributed by atoms with E-state index in [1.54, 1.807) is 60.7 Å². The van der Waals surface area contributed by atoms with Crippen molar-refractivity contribution in [1.82, 2.24) is 10.0 Å². The number of esters is 1. The third-order valence-electron chi connectivity index (χ3n) is 6.18. The molecule has 0 saturated heterocycles. The zero-order valence-corrected chi connectivity index (χ0v) is 22.7. The Kier molecular flexibility index (Phi) is 9.94. The van der Waals surface area contributed by atoms with Gasteiger partial charge in [0.1, 0.15) is 24.3 Å². The molecule has 0 aliphatic rings. The monoisotopic (exact) mass is 578 g/mol. The molecule has 0 bridgehead atoms. The summed E-state index contributed by atoms with van der Waals surface area (Å²) in [6.07, 6.45) is 0.177. The van der Waals surface area contributed by atoms with E-state index in [4.69, 9.17) is 4.74 Å². The lowest BCUT2D eigenvalue weighted by atomic mass is 10.1. The Labute approximate surface area is 237 Å². The Morgan fingerprint density at radius 2 is 1.22 bits per heavy atom. The smallest absolute Gasteiger partial charge is 0.324 e. The Hall–Kier alpha value is -4.41. The minimum absolute atomic E-state index is 0.144. The molecule has 41 heavy (non-hydrogen) atoms. The number of nitrogens with one attached hydrogen (secondary N) is 2. The molecule has 2 N–H and O–H groups in total. The summed E-state index contributed by atoms with van der Waals surface area (Å²) in [6.45, 7) is -0.284. The van der Waals surface area contributed by atoms with Crippen LogP contribution in [0.1, 0.15) is 21.5 Å². The van der Waals surface area contributed by atoms with Gasteiger partial charge in [0.05, 0.1) is 6.04 Å². The van der Waals surface area contributed by atoms with Crippen molar-refractivity contribution >= 4 is 21.9 Å². The molecule has 10 heteroatoms. The van der Waals surface area contributed by atoms with Crippen molar-refractivity contribution in [3.63, 3.8) is 0 Å². The topological polar surface area (TPSA) is 102 Å². The van der Waals surface area contributed by atoms with Gasteiger partial charge in [0.2, 0.25) is 10.0 Å². The first-order chi connectivity index (χ1) is 19.7. The number of halogens is 2. The van der Waals surface area contributed by atoms with Crippen LogP contribution in [-0.2, 0) is 32.4 Å². The van der Waals surface area contributed by atoms with Crippen LogP contribution in [-0.4, -0.2) is 39.0 Å². The van der Waals surface area contributed by atoms with E-state index in [0.717, 1.165) is 23.8 Å². The Morgan fingerprint density at radius 1 is 0.707 bits per heavy atom. The van der Waals surface area contributed by atoms with E-state index in [1.165, 1.54) is 0 Å². The van der Waals surface area contributed by atoms with E-state index >= 15 is 0 Å². The van der Waals surface area contributed by atoms with Crippen LogP contribution in [0.25, 0.3) is 0 Å². The molecule has 0 fully saturated rings. The summed E-state index contributed by atoms with van der Waals surface area (Å²) in [4.78, 5) is 25.0. The third kappa shape index (κ3) is 8.29. The Morgan fingerprint density at radius 3 is 1.78 bits per heavy atom. The predicted octanol–water partition coefficient (Wildman–Crippen LogP) is 4.44. The fourth-order valence-corrected chi connectivity index (χ4v) is 5.52. The van der Waals surface area contributed by atoms with Crippen molar-refractivity contribution < 1.29 is 31.5 Å². The standard InChI is InChI=1S/C31H28F2N2O5S/c32-26-17-10-18-27(33)29(26)41(38,39)35-28(20-23-13-6-2-7-14-23)31(37)40-21-25(19-22-11-4-1-5-12-22)34-30(36)24-15-8-3-9-16-24/h1-18,25,28,35H,19-21H2,(H,34,36)/t25-,28-/m0/s1. The lowest BCUT2D eigenvalue weighted by molar-refractivity contribution is -0.146. The average Bonchev–Trinajstić information content (AvgIpc) is 2.96.